The standard InChI is InChI=1S/C39H39F6N3O4/c1-47(35(50)30-22-31(38(40,41)42)24-32(23-30)39(43,44)45)33(21-27-12-13-28-10-6-7-11-29(28)20-27)14-15-34(49)46-37(36(51)52-2)16-18-48(19-17-37)25-26-8-4-3-5-9-26/h3-13,20,22-24,33H,14-19,21,25H2,1-2H3,(H,46,49). The van der Waals surface area contributed by atoms with Crippen molar-refractivity contribution in [1.82, 2.24) is 15.1 Å². The van der Waals surface area contributed by atoms with Crippen molar-refractivity contribution in [2.45, 2.75) is 62.6 Å². The fourth-order valence-corrected chi connectivity index (χ4v) is 6.66. The first-order valence-electron chi connectivity index (χ1n) is 16.8. The van der Waals surface area contributed by atoms with E-state index in [1.807, 2.05) is 72.8 Å². The maximum Gasteiger partial charge on any atom is 0.416 e. The average Bonchev–Trinajstić information content (AvgIpc) is 3.12. The Balaban J connectivity index is 1.36. The summed E-state index contributed by atoms with van der Waals surface area (Å²) < 4.78 is 86.9. The van der Waals surface area contributed by atoms with Gasteiger partial charge < -0.3 is 15.0 Å². The van der Waals surface area contributed by atoms with E-state index in [0.29, 0.717) is 31.8 Å². The largest absolute Gasteiger partial charge is 0.467 e. The zero-order chi connectivity index (χ0) is 37.7. The van der Waals surface area contributed by atoms with Crippen LogP contribution in [-0.2, 0) is 39.6 Å². The molecule has 0 spiro atoms. The lowest BCUT2D eigenvalue weighted by molar-refractivity contribution is -0.153. The average molecular weight is 728 g/mol. The van der Waals surface area contributed by atoms with Crippen LogP contribution in [0.25, 0.3) is 10.8 Å². The lowest BCUT2D eigenvalue weighted by Gasteiger charge is -2.40. The van der Waals surface area contributed by atoms with E-state index in [1.165, 1.54) is 14.2 Å². The van der Waals surface area contributed by atoms with E-state index in [2.05, 4.69) is 10.2 Å². The molecule has 0 saturated carbocycles. The van der Waals surface area contributed by atoms with E-state index in [9.17, 15) is 40.7 Å². The number of methoxy groups -OCH3 is 1. The molecule has 0 bridgehead atoms. The number of fused-ring (bicyclic) bond motifs is 1. The van der Waals surface area contributed by atoms with Crippen molar-refractivity contribution in [2.24, 2.45) is 0 Å². The van der Waals surface area contributed by atoms with Crippen molar-refractivity contribution >= 4 is 28.6 Å². The SMILES string of the molecule is COC(=O)C1(NC(=O)CCC(Cc2ccc3ccccc3c2)N(C)C(=O)c2cc(C(F)(F)F)cc(C(F)(F)F)c2)CCN(Cc2ccccc2)CC1. The first kappa shape index (κ1) is 38.3. The number of benzene rings is 4. The van der Waals surface area contributed by atoms with Gasteiger partial charge in [0.05, 0.1) is 18.2 Å². The van der Waals surface area contributed by atoms with Gasteiger partial charge in [0.15, 0.2) is 0 Å². The van der Waals surface area contributed by atoms with Gasteiger partial charge in [-0.2, -0.15) is 26.3 Å². The molecule has 0 radical (unpaired) electrons. The molecule has 0 aliphatic carbocycles. The van der Waals surface area contributed by atoms with Gasteiger partial charge in [-0.15, -0.1) is 0 Å². The smallest absolute Gasteiger partial charge is 0.416 e. The predicted octanol–water partition coefficient (Wildman–Crippen LogP) is 7.66. The van der Waals surface area contributed by atoms with Crippen LogP contribution in [0.15, 0.2) is 91.0 Å². The maximum atomic E-state index is 13.7. The number of hydrogen-bond acceptors (Lipinski definition) is 5. The van der Waals surface area contributed by atoms with Crippen LogP contribution < -0.4 is 5.32 Å². The number of ether oxygens (including phenoxy) is 1. The van der Waals surface area contributed by atoms with E-state index in [4.69, 9.17) is 4.74 Å². The zero-order valence-electron chi connectivity index (χ0n) is 28.7. The highest BCUT2D eigenvalue weighted by atomic mass is 19.4. The van der Waals surface area contributed by atoms with E-state index in [-0.39, 0.29) is 38.2 Å². The van der Waals surface area contributed by atoms with Crippen LogP contribution in [0.1, 0.15) is 58.3 Å². The first-order chi connectivity index (χ1) is 24.6. The summed E-state index contributed by atoms with van der Waals surface area (Å²) in [6.07, 6.45) is -9.76. The minimum atomic E-state index is -5.13. The van der Waals surface area contributed by atoms with Crippen LogP contribution >= 0.6 is 0 Å². The third-order valence-corrected chi connectivity index (χ3v) is 9.61. The van der Waals surface area contributed by atoms with Gasteiger partial charge in [0.1, 0.15) is 5.54 Å². The monoisotopic (exact) mass is 727 g/mol. The quantitative estimate of drug-likeness (QED) is 0.127. The third kappa shape index (κ3) is 9.30. The molecule has 1 fully saturated rings. The van der Waals surface area contributed by atoms with Crippen LogP contribution in [0, 0.1) is 0 Å². The fraction of sp³-hybridized carbons (Fsp3) is 0.359. The molecule has 1 saturated heterocycles. The number of likely N-dealkylation sites (tertiary alicyclic amines) is 1. The summed E-state index contributed by atoms with van der Waals surface area (Å²) in [5.74, 6) is -2.17. The summed E-state index contributed by atoms with van der Waals surface area (Å²) in [6, 6.07) is 22.8. The van der Waals surface area contributed by atoms with Gasteiger partial charge in [0.2, 0.25) is 5.91 Å². The number of carbonyl (C=O) groups excluding carboxylic acids is 3. The third-order valence-electron chi connectivity index (χ3n) is 9.61. The molecule has 4 aromatic carbocycles. The topological polar surface area (TPSA) is 79.0 Å². The molecule has 52 heavy (non-hydrogen) atoms. The Morgan fingerprint density at radius 2 is 1.40 bits per heavy atom. The molecule has 13 heteroatoms. The van der Waals surface area contributed by atoms with Gasteiger partial charge in [-0.1, -0.05) is 72.8 Å². The number of nitrogens with one attached hydrogen (secondary N) is 1. The lowest BCUT2D eigenvalue weighted by atomic mass is 9.86. The molecule has 0 aromatic heterocycles. The maximum absolute atomic E-state index is 13.7. The minimum absolute atomic E-state index is 0.0105. The van der Waals surface area contributed by atoms with Crippen molar-refractivity contribution in [2.75, 3.05) is 27.2 Å². The molecule has 1 unspecified atom stereocenters. The van der Waals surface area contributed by atoms with Crippen molar-refractivity contribution in [3.8, 4) is 0 Å². The molecule has 276 valence electrons. The lowest BCUT2D eigenvalue weighted by Crippen LogP contribution is -2.60. The van der Waals surface area contributed by atoms with Crippen LogP contribution in [0.5, 0.6) is 0 Å². The number of hydrogen-bond donors (Lipinski definition) is 1. The number of esters is 1. The molecular weight excluding hydrogens is 688 g/mol. The summed E-state index contributed by atoms with van der Waals surface area (Å²) in [4.78, 5) is 43.5. The molecule has 2 amide bonds. The number of amides is 2. The van der Waals surface area contributed by atoms with Gasteiger partial charge in [-0.05, 0) is 65.8 Å². The number of halogens is 6. The first-order valence-corrected chi connectivity index (χ1v) is 16.8. The Bertz CT molecular complexity index is 1860. The number of alkyl halides is 6. The molecule has 1 heterocycles. The van der Waals surface area contributed by atoms with Crippen LogP contribution in [0.2, 0.25) is 0 Å². The highest BCUT2D eigenvalue weighted by Gasteiger charge is 2.44. The highest BCUT2D eigenvalue weighted by Crippen LogP contribution is 2.37. The Hall–Kier alpha value is -4.91. The summed E-state index contributed by atoms with van der Waals surface area (Å²) >= 11 is 0. The second-order valence-corrected chi connectivity index (χ2v) is 13.2. The van der Waals surface area contributed by atoms with Gasteiger partial charge in [0, 0.05) is 44.7 Å². The number of likely N-dealkylation sites (N-methyl/N-ethyl adjacent to an activating group) is 1. The number of piperidine rings is 1. The molecule has 1 aliphatic heterocycles. The second-order valence-electron chi connectivity index (χ2n) is 13.2. The Morgan fingerprint density at radius 1 is 0.808 bits per heavy atom. The van der Waals surface area contributed by atoms with Gasteiger partial charge in [-0.3, -0.25) is 14.5 Å². The Labute approximate surface area is 297 Å². The number of carbonyl (C=O) groups is 3. The number of rotatable bonds is 11. The number of nitrogens with zero attached hydrogens (tertiary/aromatic N) is 2. The molecule has 7 nitrogen and oxygen atoms in total. The fourth-order valence-electron chi connectivity index (χ4n) is 6.66. The van der Waals surface area contributed by atoms with Crippen molar-refractivity contribution in [3.63, 3.8) is 0 Å². The normalized spacial score (nSPS) is 15.5. The highest BCUT2D eigenvalue weighted by molar-refractivity contribution is 5.95. The van der Waals surface area contributed by atoms with E-state index < -0.39 is 58.4 Å². The van der Waals surface area contributed by atoms with Gasteiger partial charge in [0.25, 0.3) is 5.91 Å². The summed E-state index contributed by atoms with van der Waals surface area (Å²) in [5, 5.41) is 4.69. The van der Waals surface area contributed by atoms with Gasteiger partial charge >= 0.3 is 18.3 Å². The second kappa shape index (κ2) is 15.8. The van der Waals surface area contributed by atoms with Crippen molar-refractivity contribution in [1.29, 1.82) is 0 Å². The molecule has 1 aliphatic rings. The minimum Gasteiger partial charge on any atom is -0.467 e. The summed E-state index contributed by atoms with van der Waals surface area (Å²) in [5.41, 5.74) is -3.45. The van der Waals surface area contributed by atoms with Crippen molar-refractivity contribution < 1.29 is 45.5 Å². The Kier molecular flexibility index (Phi) is 11.6. The zero-order valence-corrected chi connectivity index (χ0v) is 28.7. The Morgan fingerprint density at radius 3 is 2.00 bits per heavy atom. The molecule has 1 N–H and O–H groups in total. The molecular formula is C39H39F6N3O4. The molecule has 1 atom stereocenters. The van der Waals surface area contributed by atoms with Gasteiger partial charge in [-0.25, -0.2) is 4.79 Å². The predicted molar refractivity (Wildman–Crippen MR) is 183 cm³/mol. The summed E-state index contributed by atoms with van der Waals surface area (Å²) in [6.45, 7) is 1.67. The molecule has 5 rings (SSSR count). The van der Waals surface area contributed by atoms with Crippen molar-refractivity contribution in [3.05, 3.63) is 119 Å². The van der Waals surface area contributed by atoms with Crippen LogP contribution in [-0.4, -0.2) is 66.4 Å². The van der Waals surface area contributed by atoms with E-state index in [1.54, 1.807) is 0 Å². The molecule has 4 aromatic rings. The van der Waals surface area contributed by atoms with E-state index in [0.717, 1.165) is 26.8 Å². The van der Waals surface area contributed by atoms with Crippen LogP contribution in [0.4, 0.5) is 26.3 Å². The van der Waals surface area contributed by atoms with E-state index >= 15 is 0 Å². The van der Waals surface area contributed by atoms with Crippen LogP contribution in [0.3, 0.4) is 0 Å². The summed E-state index contributed by atoms with van der Waals surface area (Å²) in [7, 11) is 2.53.